The maximum atomic E-state index is 11.1. The molecule has 5 heteroatoms. The first kappa shape index (κ1) is 13.8. The number of hydrogen-bond acceptors (Lipinski definition) is 3. The maximum Gasteiger partial charge on any atom is 0.234 e. The Bertz CT molecular complexity index is 593. The Morgan fingerprint density at radius 3 is 2.84 bits per heavy atom. The van der Waals surface area contributed by atoms with Crippen LogP contribution in [-0.4, -0.2) is 5.91 Å². The summed E-state index contributed by atoms with van der Waals surface area (Å²) in [6.07, 6.45) is 0.852. The molecule has 0 aliphatic rings. The molecule has 0 fully saturated rings. The van der Waals surface area contributed by atoms with Crippen molar-refractivity contribution in [3.63, 3.8) is 0 Å². The van der Waals surface area contributed by atoms with Gasteiger partial charge in [-0.2, -0.15) is 0 Å². The highest BCUT2D eigenvalue weighted by Gasteiger charge is 2.09. The van der Waals surface area contributed by atoms with Gasteiger partial charge in [0.25, 0.3) is 0 Å². The van der Waals surface area contributed by atoms with E-state index >= 15 is 0 Å². The molecule has 0 bridgehead atoms. The van der Waals surface area contributed by atoms with Crippen molar-refractivity contribution in [1.29, 1.82) is 0 Å². The largest absolute Gasteiger partial charge is 0.461 e. The van der Waals surface area contributed by atoms with Crippen molar-refractivity contribution >= 4 is 21.8 Å². The average Bonchev–Trinajstić information content (AvgIpc) is 2.84. The lowest BCUT2D eigenvalue weighted by Gasteiger charge is -2.02. The van der Waals surface area contributed by atoms with Gasteiger partial charge >= 0.3 is 0 Å². The second-order valence-electron chi connectivity index (χ2n) is 4.32. The van der Waals surface area contributed by atoms with Crippen LogP contribution in [0.1, 0.15) is 17.7 Å². The predicted molar refractivity (Wildman–Crippen MR) is 77.2 cm³/mol. The molecule has 0 spiro atoms. The van der Waals surface area contributed by atoms with Crippen molar-refractivity contribution in [1.82, 2.24) is 5.43 Å². The summed E-state index contributed by atoms with van der Waals surface area (Å²) in [4.78, 5) is 11.1. The molecule has 1 amide bonds. The van der Waals surface area contributed by atoms with Gasteiger partial charge in [0.1, 0.15) is 11.5 Å². The molecule has 0 saturated heterocycles. The zero-order valence-electron chi connectivity index (χ0n) is 10.6. The minimum atomic E-state index is -0.200. The monoisotopic (exact) mass is 322 g/mol. The van der Waals surface area contributed by atoms with E-state index in [0.29, 0.717) is 12.8 Å². The Labute approximate surface area is 120 Å². The molecule has 4 nitrogen and oxygen atoms in total. The number of hydrazine groups is 1. The van der Waals surface area contributed by atoms with Crippen molar-refractivity contribution in [2.45, 2.75) is 19.8 Å². The van der Waals surface area contributed by atoms with Gasteiger partial charge in [-0.05, 0) is 36.8 Å². The molecule has 2 aromatic rings. The van der Waals surface area contributed by atoms with Gasteiger partial charge < -0.3 is 4.42 Å². The smallest absolute Gasteiger partial charge is 0.234 e. The van der Waals surface area contributed by atoms with Crippen molar-refractivity contribution in [2.75, 3.05) is 0 Å². The fourth-order valence-corrected chi connectivity index (χ4v) is 2.47. The van der Waals surface area contributed by atoms with Crippen molar-refractivity contribution in [3.8, 4) is 11.3 Å². The summed E-state index contributed by atoms with van der Waals surface area (Å²) in [5.41, 5.74) is 4.28. The zero-order chi connectivity index (χ0) is 13.8. The molecule has 0 aliphatic carbocycles. The molecule has 0 atom stereocenters. The fraction of sp³-hybridized carbons (Fsp3) is 0.214. The number of carbonyl (C=O) groups excluding carboxylic acids is 1. The van der Waals surface area contributed by atoms with E-state index in [4.69, 9.17) is 10.3 Å². The number of hydrogen-bond donors (Lipinski definition) is 2. The maximum absolute atomic E-state index is 11.1. The highest BCUT2D eigenvalue weighted by Crippen LogP contribution is 2.30. The van der Waals surface area contributed by atoms with Crippen LogP contribution >= 0.6 is 15.9 Å². The summed E-state index contributed by atoms with van der Waals surface area (Å²) in [5, 5.41) is 0. The van der Waals surface area contributed by atoms with Crippen LogP contribution in [0, 0.1) is 6.92 Å². The van der Waals surface area contributed by atoms with Gasteiger partial charge in [-0.25, -0.2) is 5.84 Å². The SMILES string of the molecule is Cc1ccc(-c2ccc(CCC(=O)NN)o2)c(Br)c1. The average molecular weight is 323 g/mol. The quantitative estimate of drug-likeness (QED) is 0.516. The molecule has 0 radical (unpaired) electrons. The van der Waals surface area contributed by atoms with Crippen LogP contribution in [0.25, 0.3) is 11.3 Å². The van der Waals surface area contributed by atoms with Gasteiger partial charge in [-0.1, -0.05) is 22.0 Å². The zero-order valence-corrected chi connectivity index (χ0v) is 12.2. The van der Waals surface area contributed by atoms with E-state index in [-0.39, 0.29) is 5.91 Å². The van der Waals surface area contributed by atoms with Gasteiger partial charge in [-0.15, -0.1) is 0 Å². The number of furan rings is 1. The highest BCUT2D eigenvalue weighted by atomic mass is 79.9. The van der Waals surface area contributed by atoms with Gasteiger partial charge in [0, 0.05) is 22.9 Å². The van der Waals surface area contributed by atoms with Crippen LogP contribution in [0.4, 0.5) is 0 Å². The summed E-state index contributed by atoms with van der Waals surface area (Å²) >= 11 is 3.53. The Balaban J connectivity index is 2.14. The number of nitrogens with two attached hydrogens (primary N) is 1. The van der Waals surface area contributed by atoms with Crippen LogP contribution < -0.4 is 11.3 Å². The second kappa shape index (κ2) is 6.04. The first-order valence-electron chi connectivity index (χ1n) is 5.95. The van der Waals surface area contributed by atoms with Gasteiger partial charge in [0.05, 0.1) is 0 Å². The van der Waals surface area contributed by atoms with E-state index in [0.717, 1.165) is 21.6 Å². The molecular formula is C14H15BrN2O2. The van der Waals surface area contributed by atoms with Crippen LogP contribution in [0.15, 0.2) is 39.2 Å². The normalized spacial score (nSPS) is 10.5. The standard InChI is InChI=1S/C14H15BrN2O2/c1-9-2-5-11(12(15)8-9)13-6-3-10(19-13)4-7-14(18)17-16/h2-3,5-6,8H,4,7,16H2,1H3,(H,17,18). The fourth-order valence-electron chi connectivity index (χ4n) is 1.79. The topological polar surface area (TPSA) is 68.3 Å². The third-order valence-electron chi connectivity index (χ3n) is 2.81. The summed E-state index contributed by atoms with van der Waals surface area (Å²) < 4.78 is 6.73. The van der Waals surface area contributed by atoms with Crippen LogP contribution in [0.3, 0.4) is 0 Å². The van der Waals surface area contributed by atoms with Gasteiger partial charge in [0.15, 0.2) is 0 Å². The lowest BCUT2D eigenvalue weighted by molar-refractivity contribution is -0.121. The second-order valence-corrected chi connectivity index (χ2v) is 5.17. The number of amides is 1. The number of halogens is 1. The number of carbonyl (C=O) groups is 1. The number of nitrogens with one attached hydrogen (secondary N) is 1. The number of aryl methyl sites for hydroxylation is 2. The van der Waals surface area contributed by atoms with Crippen LogP contribution in [0.2, 0.25) is 0 Å². The van der Waals surface area contributed by atoms with E-state index in [2.05, 4.69) is 21.4 Å². The Morgan fingerprint density at radius 1 is 1.37 bits per heavy atom. The molecule has 19 heavy (non-hydrogen) atoms. The molecule has 0 aliphatic heterocycles. The van der Waals surface area contributed by atoms with E-state index < -0.39 is 0 Å². The molecule has 2 rings (SSSR count). The summed E-state index contributed by atoms with van der Waals surface area (Å²) in [5.74, 6) is 6.39. The van der Waals surface area contributed by atoms with Crippen LogP contribution in [-0.2, 0) is 11.2 Å². The Kier molecular flexibility index (Phi) is 4.39. The molecule has 0 saturated carbocycles. The molecule has 100 valence electrons. The minimum Gasteiger partial charge on any atom is -0.461 e. The van der Waals surface area contributed by atoms with Crippen molar-refractivity contribution < 1.29 is 9.21 Å². The summed E-state index contributed by atoms with van der Waals surface area (Å²) in [7, 11) is 0. The Morgan fingerprint density at radius 2 is 2.16 bits per heavy atom. The first-order chi connectivity index (χ1) is 9.10. The summed E-state index contributed by atoms with van der Waals surface area (Å²) in [6.45, 7) is 2.04. The lowest BCUT2D eigenvalue weighted by atomic mass is 10.1. The molecule has 1 aromatic heterocycles. The third-order valence-corrected chi connectivity index (χ3v) is 3.47. The number of rotatable bonds is 4. The van der Waals surface area contributed by atoms with Gasteiger partial charge in [0.2, 0.25) is 5.91 Å². The van der Waals surface area contributed by atoms with Gasteiger partial charge in [-0.3, -0.25) is 10.2 Å². The van der Waals surface area contributed by atoms with E-state index in [1.807, 2.05) is 37.3 Å². The van der Waals surface area contributed by atoms with E-state index in [1.165, 1.54) is 5.56 Å². The Hall–Kier alpha value is -1.59. The lowest BCUT2D eigenvalue weighted by Crippen LogP contribution is -2.30. The van der Waals surface area contributed by atoms with Crippen LogP contribution in [0.5, 0.6) is 0 Å². The predicted octanol–water partition coefficient (Wildman–Crippen LogP) is 2.94. The number of benzene rings is 1. The first-order valence-corrected chi connectivity index (χ1v) is 6.74. The van der Waals surface area contributed by atoms with Crippen molar-refractivity contribution in [2.24, 2.45) is 5.84 Å². The molecule has 3 N–H and O–H groups in total. The molecule has 0 unspecified atom stereocenters. The van der Waals surface area contributed by atoms with Crippen molar-refractivity contribution in [3.05, 3.63) is 46.1 Å². The molecular weight excluding hydrogens is 308 g/mol. The molecule has 1 heterocycles. The minimum absolute atomic E-state index is 0.200. The highest BCUT2D eigenvalue weighted by molar-refractivity contribution is 9.10. The van der Waals surface area contributed by atoms with E-state index in [1.54, 1.807) is 0 Å². The third kappa shape index (κ3) is 3.45. The molecule has 1 aromatic carbocycles. The summed E-state index contributed by atoms with van der Waals surface area (Å²) in [6, 6.07) is 9.87. The van der Waals surface area contributed by atoms with E-state index in [9.17, 15) is 4.79 Å².